The molecule has 124 valence electrons. The van der Waals surface area contributed by atoms with Crippen LogP contribution in [0.4, 0.5) is 11.4 Å². The van der Waals surface area contributed by atoms with Gasteiger partial charge in [-0.2, -0.15) is 0 Å². The van der Waals surface area contributed by atoms with Crippen LogP contribution in [-0.4, -0.2) is 7.05 Å². The standard InChI is InChI=1S/C24H23N/c1-25(18-9-3-2-4-10-18)19-13-14-21-20-11-5-6-12-22(20)24(23(21)17-19)15-7-8-16-24/h2-6,9-14,17H,7-8,15-16H2,1H3. The minimum absolute atomic E-state index is 0.249. The van der Waals surface area contributed by atoms with Crippen LogP contribution in [0.2, 0.25) is 0 Å². The van der Waals surface area contributed by atoms with Gasteiger partial charge in [-0.3, -0.25) is 0 Å². The fourth-order valence-electron chi connectivity index (χ4n) is 4.97. The summed E-state index contributed by atoms with van der Waals surface area (Å²) in [5.74, 6) is 0. The molecule has 0 bridgehead atoms. The highest BCUT2D eigenvalue weighted by Gasteiger charge is 2.44. The van der Waals surface area contributed by atoms with Gasteiger partial charge in [0.15, 0.2) is 0 Å². The second kappa shape index (κ2) is 5.49. The molecule has 0 radical (unpaired) electrons. The topological polar surface area (TPSA) is 3.24 Å². The minimum atomic E-state index is 0.249. The molecule has 0 aliphatic heterocycles. The van der Waals surface area contributed by atoms with Crippen molar-refractivity contribution in [3.05, 3.63) is 83.9 Å². The Hall–Kier alpha value is -2.54. The van der Waals surface area contributed by atoms with E-state index in [4.69, 9.17) is 0 Å². The lowest BCUT2D eigenvalue weighted by Crippen LogP contribution is -2.21. The monoisotopic (exact) mass is 325 g/mol. The van der Waals surface area contributed by atoms with E-state index in [0.717, 1.165) is 0 Å². The maximum atomic E-state index is 2.45. The molecule has 1 fully saturated rings. The number of para-hydroxylation sites is 1. The van der Waals surface area contributed by atoms with Crippen molar-refractivity contribution in [2.75, 3.05) is 11.9 Å². The maximum Gasteiger partial charge on any atom is 0.0411 e. The third-order valence-corrected chi connectivity index (χ3v) is 6.24. The zero-order valence-corrected chi connectivity index (χ0v) is 14.7. The van der Waals surface area contributed by atoms with Crippen molar-refractivity contribution in [3.63, 3.8) is 0 Å². The zero-order valence-electron chi connectivity index (χ0n) is 14.7. The van der Waals surface area contributed by atoms with Crippen molar-refractivity contribution < 1.29 is 0 Å². The first kappa shape index (κ1) is 14.8. The molecule has 3 aromatic rings. The molecule has 1 heteroatoms. The SMILES string of the molecule is CN(c1ccccc1)c1ccc2c(c1)C1(CCCC1)c1ccccc1-2. The van der Waals surface area contributed by atoms with Crippen molar-refractivity contribution in [2.45, 2.75) is 31.1 Å². The number of anilines is 2. The molecule has 0 atom stereocenters. The first-order valence-electron chi connectivity index (χ1n) is 9.33. The second-order valence-corrected chi connectivity index (χ2v) is 7.46. The van der Waals surface area contributed by atoms with Crippen LogP contribution in [0.25, 0.3) is 11.1 Å². The van der Waals surface area contributed by atoms with E-state index >= 15 is 0 Å². The van der Waals surface area contributed by atoms with Gasteiger partial charge in [0.2, 0.25) is 0 Å². The summed E-state index contributed by atoms with van der Waals surface area (Å²) in [7, 11) is 2.17. The molecule has 0 heterocycles. The Bertz CT molecular complexity index is 920. The van der Waals surface area contributed by atoms with E-state index in [1.807, 2.05) is 0 Å². The minimum Gasteiger partial charge on any atom is -0.345 e. The van der Waals surface area contributed by atoms with E-state index in [1.165, 1.54) is 48.2 Å². The Kier molecular flexibility index (Phi) is 3.24. The van der Waals surface area contributed by atoms with Gasteiger partial charge in [0.25, 0.3) is 0 Å². The summed E-state index contributed by atoms with van der Waals surface area (Å²) >= 11 is 0. The summed E-state index contributed by atoms with van der Waals surface area (Å²) in [5.41, 5.74) is 8.77. The van der Waals surface area contributed by atoms with Gasteiger partial charge in [-0.25, -0.2) is 0 Å². The van der Waals surface area contributed by atoms with Crippen LogP contribution in [0.1, 0.15) is 36.8 Å². The Balaban J connectivity index is 1.66. The molecule has 1 spiro atoms. The summed E-state index contributed by atoms with van der Waals surface area (Å²) < 4.78 is 0. The molecule has 1 saturated carbocycles. The Morgan fingerprint density at radius 2 is 1.36 bits per heavy atom. The molecule has 0 saturated heterocycles. The highest BCUT2D eigenvalue weighted by atomic mass is 15.1. The lowest BCUT2D eigenvalue weighted by atomic mass is 9.76. The molecule has 0 unspecified atom stereocenters. The molecule has 0 N–H and O–H groups in total. The number of fused-ring (bicyclic) bond motifs is 5. The third-order valence-electron chi connectivity index (χ3n) is 6.24. The van der Waals surface area contributed by atoms with E-state index in [2.05, 4.69) is 84.7 Å². The van der Waals surface area contributed by atoms with Gasteiger partial charge in [0.1, 0.15) is 0 Å². The zero-order chi connectivity index (χ0) is 16.9. The molecular formula is C24H23N. The fraction of sp³-hybridized carbons (Fsp3) is 0.250. The van der Waals surface area contributed by atoms with Crippen molar-refractivity contribution in [1.29, 1.82) is 0 Å². The van der Waals surface area contributed by atoms with Gasteiger partial charge in [-0.15, -0.1) is 0 Å². The van der Waals surface area contributed by atoms with Crippen molar-refractivity contribution in [3.8, 4) is 11.1 Å². The maximum absolute atomic E-state index is 2.45. The van der Waals surface area contributed by atoms with Crippen LogP contribution in [0.3, 0.4) is 0 Å². The fourth-order valence-corrected chi connectivity index (χ4v) is 4.97. The number of nitrogens with zero attached hydrogens (tertiary/aromatic N) is 1. The van der Waals surface area contributed by atoms with E-state index < -0.39 is 0 Å². The number of rotatable bonds is 2. The van der Waals surface area contributed by atoms with Crippen LogP contribution in [0.5, 0.6) is 0 Å². The first-order valence-corrected chi connectivity index (χ1v) is 9.33. The summed E-state index contributed by atoms with van der Waals surface area (Å²) in [4.78, 5) is 2.30. The average molecular weight is 325 g/mol. The van der Waals surface area contributed by atoms with E-state index in [0.29, 0.717) is 0 Å². The van der Waals surface area contributed by atoms with Gasteiger partial charge >= 0.3 is 0 Å². The molecule has 1 nitrogen and oxygen atoms in total. The molecule has 5 rings (SSSR count). The first-order chi connectivity index (χ1) is 12.3. The van der Waals surface area contributed by atoms with E-state index in [-0.39, 0.29) is 5.41 Å². The van der Waals surface area contributed by atoms with Crippen LogP contribution >= 0.6 is 0 Å². The Morgan fingerprint density at radius 1 is 0.680 bits per heavy atom. The normalized spacial score (nSPS) is 16.7. The molecular weight excluding hydrogens is 302 g/mol. The Labute approximate surface area is 149 Å². The van der Waals surface area contributed by atoms with Crippen LogP contribution in [0.15, 0.2) is 72.8 Å². The summed E-state index contributed by atoms with van der Waals surface area (Å²) in [6.45, 7) is 0. The van der Waals surface area contributed by atoms with Crippen molar-refractivity contribution in [2.24, 2.45) is 0 Å². The van der Waals surface area contributed by atoms with Gasteiger partial charge in [-0.1, -0.05) is 61.4 Å². The summed E-state index contributed by atoms with van der Waals surface area (Å²) in [6, 6.07) is 26.8. The average Bonchev–Trinajstić information content (AvgIpc) is 3.28. The van der Waals surface area contributed by atoms with Crippen LogP contribution in [0, 0.1) is 0 Å². The molecule has 25 heavy (non-hydrogen) atoms. The quantitative estimate of drug-likeness (QED) is 0.535. The number of hydrogen-bond donors (Lipinski definition) is 0. The molecule has 2 aliphatic rings. The Morgan fingerprint density at radius 3 is 2.16 bits per heavy atom. The van der Waals surface area contributed by atoms with Crippen molar-refractivity contribution in [1.82, 2.24) is 0 Å². The van der Waals surface area contributed by atoms with Gasteiger partial charge in [0, 0.05) is 23.8 Å². The van der Waals surface area contributed by atoms with Crippen LogP contribution < -0.4 is 4.90 Å². The summed E-state index contributed by atoms with van der Waals surface area (Å²) in [6.07, 6.45) is 5.25. The third kappa shape index (κ3) is 2.08. The molecule has 0 amide bonds. The smallest absolute Gasteiger partial charge is 0.0411 e. The lowest BCUT2D eigenvalue weighted by molar-refractivity contribution is 0.550. The van der Waals surface area contributed by atoms with Crippen molar-refractivity contribution >= 4 is 11.4 Å². The largest absolute Gasteiger partial charge is 0.345 e. The van der Waals surface area contributed by atoms with Gasteiger partial charge in [0.05, 0.1) is 0 Å². The predicted molar refractivity (Wildman–Crippen MR) is 106 cm³/mol. The van der Waals surface area contributed by atoms with Gasteiger partial charge < -0.3 is 4.90 Å². The second-order valence-electron chi connectivity index (χ2n) is 7.46. The highest BCUT2D eigenvalue weighted by molar-refractivity contribution is 5.83. The van der Waals surface area contributed by atoms with Gasteiger partial charge in [-0.05, 0) is 59.4 Å². The predicted octanol–water partition coefficient (Wildman–Crippen LogP) is 6.30. The highest BCUT2D eigenvalue weighted by Crippen LogP contribution is 2.57. The number of benzene rings is 3. The molecule has 3 aromatic carbocycles. The van der Waals surface area contributed by atoms with Crippen LogP contribution in [-0.2, 0) is 5.41 Å². The molecule has 2 aliphatic carbocycles. The molecule has 0 aromatic heterocycles. The van der Waals surface area contributed by atoms with E-state index in [1.54, 1.807) is 11.1 Å². The summed E-state index contributed by atoms with van der Waals surface area (Å²) in [5, 5.41) is 0. The lowest BCUT2D eigenvalue weighted by Gasteiger charge is -2.28. The number of hydrogen-bond acceptors (Lipinski definition) is 1. The van der Waals surface area contributed by atoms with E-state index in [9.17, 15) is 0 Å².